The second kappa shape index (κ2) is 8.11. The van der Waals surface area contributed by atoms with Gasteiger partial charge in [-0.3, -0.25) is 4.79 Å². The number of hydrogen-bond donors (Lipinski definition) is 4. The molecule has 0 saturated carbocycles. The van der Waals surface area contributed by atoms with Crippen LogP contribution < -0.4 is 21.7 Å². The molecule has 5 N–H and O–H groups in total. The Morgan fingerprint density at radius 1 is 1.28 bits per heavy atom. The van der Waals surface area contributed by atoms with Crippen LogP contribution in [-0.2, 0) is 4.74 Å². The standard InChI is InChI=1S/C17H20N4O3S/c18-17(23)21-13-8-14(11-4-2-1-3-5-11)25-15(13)16(22)20-12-9-19-6-7-24-10-12/h1-5,8,12,19H,6-7,9-10H2,(H,20,22)(H3,18,21,23). The molecule has 1 aromatic carbocycles. The van der Waals surface area contributed by atoms with E-state index in [0.717, 1.165) is 17.0 Å². The SMILES string of the molecule is NC(=O)Nc1cc(-c2ccccc2)sc1C(=O)NC1CNCCOC1. The Kier molecular flexibility index (Phi) is 5.64. The number of amides is 3. The number of nitrogens with one attached hydrogen (secondary N) is 3. The van der Waals surface area contributed by atoms with Gasteiger partial charge in [0.2, 0.25) is 0 Å². The molecule has 1 atom stereocenters. The van der Waals surface area contributed by atoms with E-state index in [1.165, 1.54) is 11.3 Å². The molecule has 3 rings (SSSR count). The molecule has 0 radical (unpaired) electrons. The van der Waals surface area contributed by atoms with Gasteiger partial charge in [-0.1, -0.05) is 30.3 Å². The van der Waals surface area contributed by atoms with E-state index in [0.29, 0.717) is 30.3 Å². The van der Waals surface area contributed by atoms with Crippen LogP contribution in [-0.4, -0.2) is 44.3 Å². The molecule has 1 aliphatic heterocycles. The number of anilines is 1. The Morgan fingerprint density at radius 2 is 2.08 bits per heavy atom. The van der Waals surface area contributed by atoms with Gasteiger partial charge in [-0.2, -0.15) is 0 Å². The molecule has 1 aliphatic rings. The van der Waals surface area contributed by atoms with E-state index in [4.69, 9.17) is 10.5 Å². The lowest BCUT2D eigenvalue weighted by molar-refractivity contribution is 0.0888. The fourth-order valence-electron chi connectivity index (χ4n) is 2.58. The highest BCUT2D eigenvalue weighted by Gasteiger charge is 2.22. The van der Waals surface area contributed by atoms with Gasteiger partial charge in [0.1, 0.15) is 4.88 Å². The Bertz CT molecular complexity index is 740. The number of benzene rings is 1. The minimum absolute atomic E-state index is 0.126. The van der Waals surface area contributed by atoms with E-state index in [-0.39, 0.29) is 11.9 Å². The maximum Gasteiger partial charge on any atom is 0.316 e. The summed E-state index contributed by atoms with van der Waals surface area (Å²) in [5, 5.41) is 8.69. The number of carbonyl (C=O) groups is 2. The van der Waals surface area contributed by atoms with Crippen molar-refractivity contribution in [1.82, 2.24) is 10.6 Å². The summed E-state index contributed by atoms with van der Waals surface area (Å²) < 4.78 is 5.45. The number of primary amides is 1. The third kappa shape index (κ3) is 4.56. The van der Waals surface area contributed by atoms with Gasteiger partial charge in [0.15, 0.2) is 0 Å². The summed E-state index contributed by atoms with van der Waals surface area (Å²) in [6.45, 7) is 2.48. The van der Waals surface area contributed by atoms with Crippen molar-refractivity contribution in [3.8, 4) is 10.4 Å². The highest BCUT2D eigenvalue weighted by atomic mass is 32.1. The lowest BCUT2D eigenvalue weighted by atomic mass is 10.2. The average Bonchev–Trinajstić information content (AvgIpc) is 2.84. The van der Waals surface area contributed by atoms with Gasteiger partial charge >= 0.3 is 6.03 Å². The first-order valence-corrected chi connectivity index (χ1v) is 8.80. The monoisotopic (exact) mass is 360 g/mol. The number of carbonyl (C=O) groups excluding carboxylic acids is 2. The van der Waals surface area contributed by atoms with Crippen LogP contribution >= 0.6 is 11.3 Å². The first-order valence-electron chi connectivity index (χ1n) is 7.98. The minimum Gasteiger partial charge on any atom is -0.378 e. The van der Waals surface area contributed by atoms with Crippen molar-refractivity contribution in [1.29, 1.82) is 0 Å². The zero-order chi connectivity index (χ0) is 17.6. The molecule has 2 heterocycles. The van der Waals surface area contributed by atoms with Crippen LogP contribution in [0.3, 0.4) is 0 Å². The van der Waals surface area contributed by atoms with Crippen LogP contribution in [0.5, 0.6) is 0 Å². The Labute approximate surface area is 149 Å². The second-order valence-corrected chi connectivity index (χ2v) is 6.71. The Hall–Kier alpha value is -2.42. The molecule has 132 valence electrons. The molecular formula is C17H20N4O3S. The molecule has 2 aromatic rings. The van der Waals surface area contributed by atoms with E-state index < -0.39 is 6.03 Å². The number of thiophene rings is 1. The molecule has 7 nitrogen and oxygen atoms in total. The molecule has 1 fully saturated rings. The first kappa shape index (κ1) is 17.4. The minimum atomic E-state index is -0.703. The van der Waals surface area contributed by atoms with Crippen LogP contribution in [0.4, 0.5) is 10.5 Å². The summed E-state index contributed by atoms with van der Waals surface area (Å²) in [5.41, 5.74) is 6.62. The molecule has 0 aliphatic carbocycles. The van der Waals surface area contributed by atoms with E-state index in [9.17, 15) is 9.59 Å². The van der Waals surface area contributed by atoms with Gasteiger partial charge < -0.3 is 26.4 Å². The van der Waals surface area contributed by atoms with E-state index in [1.807, 2.05) is 30.3 Å². The summed E-state index contributed by atoms with van der Waals surface area (Å²) in [6, 6.07) is 10.6. The van der Waals surface area contributed by atoms with Crippen molar-refractivity contribution in [2.24, 2.45) is 5.73 Å². The fourth-order valence-corrected chi connectivity index (χ4v) is 3.60. The summed E-state index contributed by atoms with van der Waals surface area (Å²) in [6.07, 6.45) is 0. The van der Waals surface area contributed by atoms with Crippen molar-refractivity contribution in [2.45, 2.75) is 6.04 Å². The van der Waals surface area contributed by atoms with Crippen LogP contribution in [0.15, 0.2) is 36.4 Å². The van der Waals surface area contributed by atoms with Gasteiger partial charge in [-0.15, -0.1) is 11.3 Å². The molecule has 0 spiro atoms. The average molecular weight is 360 g/mol. The second-order valence-electron chi connectivity index (χ2n) is 5.66. The zero-order valence-corrected chi connectivity index (χ0v) is 14.4. The van der Waals surface area contributed by atoms with Gasteiger partial charge in [0, 0.05) is 18.0 Å². The lowest BCUT2D eigenvalue weighted by Crippen LogP contribution is -2.43. The van der Waals surface area contributed by atoms with Crippen LogP contribution in [0.25, 0.3) is 10.4 Å². The highest BCUT2D eigenvalue weighted by Crippen LogP contribution is 2.34. The number of ether oxygens (including phenoxy) is 1. The van der Waals surface area contributed by atoms with Gasteiger partial charge in [-0.25, -0.2) is 4.79 Å². The van der Waals surface area contributed by atoms with Crippen LogP contribution in [0, 0.1) is 0 Å². The third-order valence-corrected chi connectivity index (χ3v) is 4.91. The van der Waals surface area contributed by atoms with Crippen LogP contribution in [0.2, 0.25) is 0 Å². The number of hydrogen-bond acceptors (Lipinski definition) is 5. The van der Waals surface area contributed by atoms with Crippen molar-refractivity contribution in [3.63, 3.8) is 0 Å². The highest BCUT2D eigenvalue weighted by molar-refractivity contribution is 7.18. The van der Waals surface area contributed by atoms with Gasteiger partial charge in [0.05, 0.1) is 24.9 Å². The maximum absolute atomic E-state index is 12.7. The van der Waals surface area contributed by atoms with Crippen molar-refractivity contribution >= 4 is 29.0 Å². The van der Waals surface area contributed by atoms with Crippen molar-refractivity contribution < 1.29 is 14.3 Å². The fraction of sp³-hybridized carbons (Fsp3) is 0.294. The number of nitrogens with two attached hydrogens (primary N) is 1. The lowest BCUT2D eigenvalue weighted by Gasteiger charge is -2.15. The molecule has 25 heavy (non-hydrogen) atoms. The first-order chi connectivity index (χ1) is 12.1. The molecule has 8 heteroatoms. The van der Waals surface area contributed by atoms with Gasteiger partial charge in [-0.05, 0) is 11.6 Å². The predicted molar refractivity (Wildman–Crippen MR) is 97.9 cm³/mol. The maximum atomic E-state index is 12.7. The summed E-state index contributed by atoms with van der Waals surface area (Å²) >= 11 is 1.31. The molecule has 1 saturated heterocycles. The molecular weight excluding hydrogens is 340 g/mol. The largest absolute Gasteiger partial charge is 0.378 e. The Morgan fingerprint density at radius 3 is 2.84 bits per heavy atom. The van der Waals surface area contributed by atoms with Crippen molar-refractivity contribution in [2.75, 3.05) is 31.6 Å². The van der Waals surface area contributed by atoms with Crippen molar-refractivity contribution in [3.05, 3.63) is 41.3 Å². The zero-order valence-electron chi connectivity index (χ0n) is 13.6. The Balaban J connectivity index is 1.83. The normalized spacial score (nSPS) is 17.5. The molecule has 1 unspecified atom stereocenters. The summed E-state index contributed by atoms with van der Waals surface area (Å²) in [7, 11) is 0. The number of rotatable bonds is 4. The summed E-state index contributed by atoms with van der Waals surface area (Å²) in [5.74, 6) is -0.256. The number of urea groups is 1. The van der Waals surface area contributed by atoms with Gasteiger partial charge in [0.25, 0.3) is 5.91 Å². The molecule has 0 bridgehead atoms. The quantitative estimate of drug-likeness (QED) is 0.665. The topological polar surface area (TPSA) is 105 Å². The predicted octanol–water partition coefficient (Wildman–Crippen LogP) is 1.62. The van der Waals surface area contributed by atoms with E-state index in [2.05, 4.69) is 16.0 Å². The summed E-state index contributed by atoms with van der Waals surface area (Å²) in [4.78, 5) is 25.3. The molecule has 1 aromatic heterocycles. The van der Waals surface area contributed by atoms with E-state index in [1.54, 1.807) is 6.07 Å². The van der Waals surface area contributed by atoms with E-state index >= 15 is 0 Å². The third-order valence-electron chi connectivity index (χ3n) is 3.72. The smallest absolute Gasteiger partial charge is 0.316 e. The molecule has 3 amide bonds. The van der Waals surface area contributed by atoms with Crippen LogP contribution in [0.1, 0.15) is 9.67 Å².